The Morgan fingerprint density at radius 1 is 1.00 bits per heavy atom. The number of aliphatic hydroxyl groups excluding tert-OH is 1. The van der Waals surface area contributed by atoms with Crippen LogP contribution in [0.5, 0.6) is 11.5 Å². The van der Waals surface area contributed by atoms with Crippen molar-refractivity contribution in [3.63, 3.8) is 0 Å². The number of Topliss-reactive ketones (excluding diaryl/α,β-unsaturated/α-hetero) is 1. The molecule has 3 aromatic rings. The fraction of sp³-hybridized carbons (Fsp3) is 0.303. The van der Waals surface area contributed by atoms with Gasteiger partial charge in [0.2, 0.25) is 0 Å². The van der Waals surface area contributed by atoms with Crippen LogP contribution in [-0.2, 0) is 15.0 Å². The minimum Gasteiger partial charge on any atom is -0.507 e. The van der Waals surface area contributed by atoms with E-state index in [-0.39, 0.29) is 16.7 Å². The average Bonchev–Trinajstić information content (AvgIpc) is 3.21. The quantitative estimate of drug-likeness (QED) is 0.195. The maximum absolute atomic E-state index is 13.6. The molecule has 1 fully saturated rings. The fourth-order valence-electron chi connectivity index (χ4n) is 4.81. The van der Waals surface area contributed by atoms with Crippen LogP contribution in [0.25, 0.3) is 5.76 Å². The van der Waals surface area contributed by atoms with Gasteiger partial charge in [-0.05, 0) is 78.9 Å². The second-order valence-electron chi connectivity index (χ2n) is 10.6. The van der Waals surface area contributed by atoms with Crippen LogP contribution in [0.1, 0.15) is 69.3 Å². The molecule has 0 aromatic heterocycles. The van der Waals surface area contributed by atoms with E-state index in [9.17, 15) is 20.0 Å². The monoisotopic (exact) mass is 538 g/mol. The summed E-state index contributed by atoms with van der Waals surface area (Å²) < 4.78 is 11.7. The Morgan fingerprint density at radius 3 is 2.35 bits per heavy atom. The van der Waals surface area contributed by atoms with Crippen molar-refractivity contribution in [2.45, 2.75) is 52.5 Å². The lowest BCUT2D eigenvalue weighted by Gasteiger charge is -2.26. The second-order valence-corrected chi connectivity index (χ2v) is 10.6. The SMILES string of the molecule is CCCOc1cccc(C2/C(=C(\O)c3ccc(OCC)c(C(C)(C)C)c3)C(=O)C(=O)N2c2ccc(C#N)cc2)c1. The van der Waals surface area contributed by atoms with Gasteiger partial charge < -0.3 is 14.6 Å². The van der Waals surface area contributed by atoms with Crippen LogP contribution in [0.15, 0.2) is 72.3 Å². The van der Waals surface area contributed by atoms with E-state index < -0.39 is 17.7 Å². The second kappa shape index (κ2) is 11.7. The largest absolute Gasteiger partial charge is 0.507 e. The van der Waals surface area contributed by atoms with Crippen molar-refractivity contribution < 1.29 is 24.2 Å². The number of benzene rings is 3. The molecule has 206 valence electrons. The van der Waals surface area contributed by atoms with Gasteiger partial charge in [-0.15, -0.1) is 0 Å². The first-order chi connectivity index (χ1) is 19.1. The lowest BCUT2D eigenvalue weighted by Crippen LogP contribution is -2.29. The Labute approximate surface area is 235 Å². The molecule has 1 aliphatic rings. The fourth-order valence-corrected chi connectivity index (χ4v) is 4.81. The number of hydrogen-bond donors (Lipinski definition) is 1. The number of carbonyl (C=O) groups excluding carboxylic acids is 2. The molecule has 3 aromatic carbocycles. The molecule has 40 heavy (non-hydrogen) atoms. The van der Waals surface area contributed by atoms with Gasteiger partial charge >= 0.3 is 0 Å². The van der Waals surface area contributed by atoms with Crippen LogP contribution < -0.4 is 14.4 Å². The molecule has 1 saturated heterocycles. The minimum absolute atomic E-state index is 0.0222. The van der Waals surface area contributed by atoms with Crippen LogP contribution in [0.4, 0.5) is 5.69 Å². The van der Waals surface area contributed by atoms with Crippen molar-refractivity contribution >= 4 is 23.1 Å². The third kappa shape index (κ3) is 5.57. The molecule has 1 N–H and O–H groups in total. The molecular weight excluding hydrogens is 504 g/mol. The van der Waals surface area contributed by atoms with Gasteiger partial charge in [-0.1, -0.05) is 39.8 Å². The first-order valence-corrected chi connectivity index (χ1v) is 13.4. The van der Waals surface area contributed by atoms with Crippen LogP contribution >= 0.6 is 0 Å². The molecule has 0 spiro atoms. The van der Waals surface area contributed by atoms with Crippen LogP contribution in [0.3, 0.4) is 0 Å². The van der Waals surface area contributed by atoms with E-state index in [0.717, 1.165) is 12.0 Å². The van der Waals surface area contributed by atoms with Gasteiger partial charge in [0.05, 0.1) is 36.5 Å². The summed E-state index contributed by atoms with van der Waals surface area (Å²) in [6.45, 7) is 11.0. The Kier molecular flexibility index (Phi) is 8.29. The molecule has 0 aliphatic carbocycles. The summed E-state index contributed by atoms with van der Waals surface area (Å²) in [7, 11) is 0. The molecular formula is C33H34N2O5. The number of nitriles is 1. The van der Waals surface area contributed by atoms with Crippen molar-refractivity contribution in [1.82, 2.24) is 0 Å². The van der Waals surface area contributed by atoms with Crippen LogP contribution in [-0.4, -0.2) is 30.0 Å². The maximum Gasteiger partial charge on any atom is 0.300 e. The molecule has 1 atom stereocenters. The number of aliphatic hydroxyl groups is 1. The summed E-state index contributed by atoms with van der Waals surface area (Å²) in [5.41, 5.74) is 2.43. The number of ether oxygens (including phenoxy) is 2. The van der Waals surface area contributed by atoms with Gasteiger partial charge in [0.1, 0.15) is 17.3 Å². The molecule has 0 saturated carbocycles. The van der Waals surface area contributed by atoms with Gasteiger partial charge in [-0.2, -0.15) is 5.26 Å². The summed E-state index contributed by atoms with van der Waals surface area (Å²) in [4.78, 5) is 28.5. The summed E-state index contributed by atoms with van der Waals surface area (Å²) in [5, 5.41) is 20.9. The lowest BCUT2D eigenvalue weighted by atomic mass is 9.84. The highest BCUT2D eigenvalue weighted by atomic mass is 16.5. The zero-order chi connectivity index (χ0) is 29.0. The maximum atomic E-state index is 13.6. The highest BCUT2D eigenvalue weighted by Crippen LogP contribution is 2.44. The third-order valence-corrected chi connectivity index (χ3v) is 6.73. The van der Waals surface area contributed by atoms with Gasteiger partial charge in [0.25, 0.3) is 11.7 Å². The normalized spacial score (nSPS) is 16.6. The van der Waals surface area contributed by atoms with E-state index >= 15 is 0 Å². The topological polar surface area (TPSA) is 99.9 Å². The molecule has 0 bridgehead atoms. The molecule has 1 unspecified atom stereocenters. The summed E-state index contributed by atoms with van der Waals surface area (Å²) >= 11 is 0. The lowest BCUT2D eigenvalue weighted by molar-refractivity contribution is -0.132. The van der Waals surface area contributed by atoms with Crippen molar-refractivity contribution in [2.24, 2.45) is 0 Å². The zero-order valence-corrected chi connectivity index (χ0v) is 23.5. The van der Waals surface area contributed by atoms with Gasteiger partial charge in [0.15, 0.2) is 0 Å². The zero-order valence-electron chi connectivity index (χ0n) is 23.5. The number of hydrogen-bond acceptors (Lipinski definition) is 6. The third-order valence-electron chi connectivity index (χ3n) is 6.73. The van der Waals surface area contributed by atoms with E-state index in [2.05, 4.69) is 6.07 Å². The van der Waals surface area contributed by atoms with Crippen LogP contribution in [0.2, 0.25) is 0 Å². The average molecular weight is 539 g/mol. The number of ketones is 1. The smallest absolute Gasteiger partial charge is 0.300 e. The Bertz CT molecular complexity index is 1490. The Morgan fingerprint density at radius 2 is 1.73 bits per heavy atom. The van der Waals surface area contributed by atoms with Crippen molar-refractivity contribution in [1.29, 1.82) is 5.26 Å². The van der Waals surface area contributed by atoms with E-state index in [1.807, 2.05) is 46.8 Å². The highest BCUT2D eigenvalue weighted by molar-refractivity contribution is 6.51. The van der Waals surface area contributed by atoms with Gasteiger partial charge in [0, 0.05) is 16.8 Å². The first-order valence-electron chi connectivity index (χ1n) is 13.4. The van der Waals surface area contributed by atoms with Crippen LogP contribution in [0, 0.1) is 11.3 Å². The van der Waals surface area contributed by atoms with E-state index in [1.54, 1.807) is 54.6 Å². The van der Waals surface area contributed by atoms with Gasteiger partial charge in [-0.25, -0.2) is 0 Å². The molecule has 1 heterocycles. The van der Waals surface area contributed by atoms with Crippen molar-refractivity contribution in [3.05, 3.63) is 94.6 Å². The highest BCUT2D eigenvalue weighted by Gasteiger charge is 2.47. The molecule has 4 rings (SSSR count). The van der Waals surface area contributed by atoms with E-state index in [4.69, 9.17) is 9.47 Å². The summed E-state index contributed by atoms with van der Waals surface area (Å²) in [6, 6.07) is 20.1. The minimum atomic E-state index is -0.914. The van der Waals surface area contributed by atoms with E-state index in [0.29, 0.717) is 47.1 Å². The molecule has 0 radical (unpaired) electrons. The number of amides is 1. The Balaban J connectivity index is 1.93. The predicted molar refractivity (Wildman–Crippen MR) is 154 cm³/mol. The molecule has 7 heteroatoms. The molecule has 7 nitrogen and oxygen atoms in total. The predicted octanol–water partition coefficient (Wildman–Crippen LogP) is 6.67. The molecule has 1 amide bonds. The van der Waals surface area contributed by atoms with Crippen molar-refractivity contribution in [3.8, 4) is 17.6 Å². The Hall–Kier alpha value is -4.57. The summed E-state index contributed by atoms with van der Waals surface area (Å²) in [5.74, 6) is -0.535. The summed E-state index contributed by atoms with van der Waals surface area (Å²) in [6.07, 6.45) is 0.821. The number of rotatable bonds is 8. The standard InChI is InChI=1S/C33H34N2O5/c1-6-17-40-25-10-8-9-22(18-25)29-28(31(37)32(38)35(29)24-14-11-21(20-34)12-15-24)30(36)23-13-16-27(39-7-2)26(19-23)33(3,4)5/h8-16,18-19,29,36H,6-7,17H2,1-5H3/b30-28+. The first kappa shape index (κ1) is 28.4. The van der Waals surface area contributed by atoms with Gasteiger partial charge in [-0.3, -0.25) is 14.5 Å². The number of anilines is 1. The van der Waals surface area contributed by atoms with Crippen molar-refractivity contribution in [2.75, 3.05) is 18.1 Å². The molecule has 1 aliphatic heterocycles. The van der Waals surface area contributed by atoms with E-state index in [1.165, 1.54) is 4.90 Å². The number of nitrogens with zero attached hydrogens (tertiary/aromatic N) is 2. The number of carbonyl (C=O) groups is 2.